The molecule has 0 aliphatic rings. The van der Waals surface area contributed by atoms with E-state index in [1.807, 2.05) is 0 Å². The SMILES string of the molecule is CNC(=O)C(C)NS(=O)(=O)c1cncc(C#CCO)c1. The van der Waals surface area contributed by atoms with Crippen LogP contribution in [0.1, 0.15) is 12.5 Å². The Morgan fingerprint density at radius 3 is 2.80 bits per heavy atom. The van der Waals surface area contributed by atoms with Crippen molar-refractivity contribution in [2.45, 2.75) is 17.9 Å². The van der Waals surface area contributed by atoms with Gasteiger partial charge in [-0.05, 0) is 13.0 Å². The number of hydrogen-bond donors (Lipinski definition) is 3. The monoisotopic (exact) mass is 297 g/mol. The lowest BCUT2D eigenvalue weighted by atomic mass is 10.3. The molecule has 108 valence electrons. The molecule has 0 fully saturated rings. The first-order valence-electron chi connectivity index (χ1n) is 5.69. The van der Waals surface area contributed by atoms with Crippen LogP contribution in [0.25, 0.3) is 0 Å². The second-order valence-electron chi connectivity index (χ2n) is 3.83. The molecule has 0 saturated carbocycles. The Kier molecular flexibility index (Phi) is 5.64. The van der Waals surface area contributed by atoms with Gasteiger partial charge in [0.2, 0.25) is 15.9 Å². The number of rotatable bonds is 4. The number of carbonyl (C=O) groups is 1. The third-order valence-corrected chi connectivity index (χ3v) is 3.81. The molecule has 0 radical (unpaired) electrons. The first-order chi connectivity index (χ1) is 9.40. The normalized spacial score (nSPS) is 12.2. The molecule has 0 aromatic carbocycles. The van der Waals surface area contributed by atoms with Gasteiger partial charge in [-0.3, -0.25) is 9.78 Å². The van der Waals surface area contributed by atoms with Gasteiger partial charge in [0.25, 0.3) is 0 Å². The van der Waals surface area contributed by atoms with E-state index in [-0.39, 0.29) is 11.5 Å². The predicted octanol–water partition coefficient (Wildman–Crippen LogP) is -1.16. The van der Waals surface area contributed by atoms with Crippen LogP contribution in [0.15, 0.2) is 23.4 Å². The molecule has 7 nitrogen and oxygen atoms in total. The number of pyridine rings is 1. The lowest BCUT2D eigenvalue weighted by Crippen LogP contribution is -2.43. The standard InChI is InChI=1S/C12H15N3O4S/c1-9(12(17)13-2)15-20(18,19)11-6-10(4-3-5-16)7-14-8-11/h6-9,15-16H,5H2,1-2H3,(H,13,17). The van der Waals surface area contributed by atoms with Crippen LogP contribution in [0.3, 0.4) is 0 Å². The van der Waals surface area contributed by atoms with Crippen LogP contribution < -0.4 is 10.0 Å². The summed E-state index contributed by atoms with van der Waals surface area (Å²) in [5.41, 5.74) is 0.356. The number of sulfonamides is 1. The van der Waals surface area contributed by atoms with Crippen LogP contribution in [-0.4, -0.2) is 44.1 Å². The van der Waals surface area contributed by atoms with E-state index in [4.69, 9.17) is 5.11 Å². The molecule has 3 N–H and O–H groups in total. The van der Waals surface area contributed by atoms with E-state index in [2.05, 4.69) is 26.9 Å². The molecular formula is C12H15N3O4S. The maximum atomic E-state index is 12.1. The number of aromatic nitrogens is 1. The van der Waals surface area contributed by atoms with Crippen LogP contribution in [-0.2, 0) is 14.8 Å². The van der Waals surface area contributed by atoms with Crippen LogP contribution in [0.4, 0.5) is 0 Å². The van der Waals surface area contributed by atoms with Crippen molar-refractivity contribution in [1.29, 1.82) is 0 Å². The minimum Gasteiger partial charge on any atom is -0.384 e. The summed E-state index contributed by atoms with van der Waals surface area (Å²) in [5.74, 6) is 4.51. The van der Waals surface area contributed by atoms with E-state index < -0.39 is 22.0 Å². The van der Waals surface area contributed by atoms with Gasteiger partial charge in [-0.1, -0.05) is 11.8 Å². The van der Waals surface area contributed by atoms with Gasteiger partial charge in [-0.25, -0.2) is 8.42 Å². The van der Waals surface area contributed by atoms with Gasteiger partial charge >= 0.3 is 0 Å². The largest absolute Gasteiger partial charge is 0.384 e. The van der Waals surface area contributed by atoms with Gasteiger partial charge in [-0.15, -0.1) is 0 Å². The molecule has 0 aliphatic carbocycles. The number of carbonyl (C=O) groups excluding carboxylic acids is 1. The first kappa shape index (κ1) is 16.1. The van der Waals surface area contributed by atoms with Gasteiger partial charge in [0.15, 0.2) is 0 Å². The molecule has 1 aromatic rings. The second kappa shape index (κ2) is 7.00. The fourth-order valence-corrected chi connectivity index (χ4v) is 2.54. The summed E-state index contributed by atoms with van der Waals surface area (Å²) in [6.07, 6.45) is 2.53. The summed E-state index contributed by atoms with van der Waals surface area (Å²) >= 11 is 0. The van der Waals surface area contributed by atoms with E-state index in [1.165, 1.54) is 26.2 Å². The molecular weight excluding hydrogens is 282 g/mol. The van der Waals surface area contributed by atoms with Crippen LogP contribution in [0.2, 0.25) is 0 Å². The third kappa shape index (κ3) is 4.31. The number of amides is 1. The van der Waals surface area contributed by atoms with Crippen molar-refractivity contribution in [3.05, 3.63) is 24.0 Å². The van der Waals surface area contributed by atoms with Crippen molar-refractivity contribution >= 4 is 15.9 Å². The highest BCUT2D eigenvalue weighted by Gasteiger charge is 2.21. The molecule has 0 spiro atoms. The Balaban J connectivity index is 3.01. The Morgan fingerprint density at radius 1 is 1.50 bits per heavy atom. The maximum absolute atomic E-state index is 12.1. The summed E-state index contributed by atoms with van der Waals surface area (Å²) in [6, 6.07) is 0.409. The number of aliphatic hydroxyl groups is 1. The van der Waals surface area contributed by atoms with Gasteiger partial charge in [0.1, 0.15) is 11.5 Å². The lowest BCUT2D eigenvalue weighted by molar-refractivity contribution is -0.121. The van der Waals surface area contributed by atoms with Crippen molar-refractivity contribution in [3.63, 3.8) is 0 Å². The molecule has 8 heteroatoms. The number of hydrogen-bond acceptors (Lipinski definition) is 5. The number of likely N-dealkylation sites (N-methyl/N-ethyl adjacent to an activating group) is 1. The maximum Gasteiger partial charge on any atom is 0.242 e. The Hall–Kier alpha value is -1.95. The van der Waals surface area contributed by atoms with Crippen molar-refractivity contribution in [1.82, 2.24) is 15.0 Å². The van der Waals surface area contributed by atoms with Crippen molar-refractivity contribution in [3.8, 4) is 11.8 Å². The third-order valence-electron chi connectivity index (χ3n) is 2.31. The number of nitrogens with one attached hydrogen (secondary N) is 2. The van der Waals surface area contributed by atoms with Gasteiger partial charge in [0.05, 0.1) is 6.04 Å². The smallest absolute Gasteiger partial charge is 0.242 e. The van der Waals surface area contributed by atoms with Crippen molar-refractivity contribution in [2.24, 2.45) is 0 Å². The molecule has 1 rings (SSSR count). The molecule has 1 atom stereocenters. The zero-order chi connectivity index (χ0) is 15.2. The van der Waals surface area contributed by atoms with Crippen LogP contribution >= 0.6 is 0 Å². The number of nitrogens with zero attached hydrogens (tertiary/aromatic N) is 1. The summed E-state index contributed by atoms with van der Waals surface area (Å²) < 4.78 is 26.3. The minimum atomic E-state index is -3.87. The zero-order valence-corrected chi connectivity index (χ0v) is 11.9. The van der Waals surface area contributed by atoms with E-state index in [9.17, 15) is 13.2 Å². The molecule has 1 aromatic heterocycles. The molecule has 1 amide bonds. The van der Waals surface area contributed by atoms with Gasteiger partial charge in [-0.2, -0.15) is 4.72 Å². The lowest BCUT2D eigenvalue weighted by Gasteiger charge is -2.12. The number of aliphatic hydroxyl groups excluding tert-OH is 1. The Morgan fingerprint density at radius 2 is 2.20 bits per heavy atom. The molecule has 0 bridgehead atoms. The topological polar surface area (TPSA) is 108 Å². The Bertz CT molecular complexity index is 646. The van der Waals surface area contributed by atoms with E-state index in [0.717, 1.165) is 6.20 Å². The molecule has 0 aliphatic heterocycles. The van der Waals surface area contributed by atoms with E-state index in [1.54, 1.807) is 0 Å². The summed E-state index contributed by atoms with van der Waals surface area (Å²) in [6.45, 7) is 1.10. The second-order valence-corrected chi connectivity index (χ2v) is 5.54. The summed E-state index contributed by atoms with van der Waals surface area (Å²) in [7, 11) is -2.45. The predicted molar refractivity (Wildman–Crippen MR) is 72.1 cm³/mol. The quantitative estimate of drug-likeness (QED) is 0.607. The molecule has 1 unspecified atom stereocenters. The first-order valence-corrected chi connectivity index (χ1v) is 7.17. The highest BCUT2D eigenvalue weighted by Crippen LogP contribution is 2.09. The summed E-state index contributed by atoms with van der Waals surface area (Å²) in [5, 5.41) is 10.9. The van der Waals surface area contributed by atoms with E-state index in [0.29, 0.717) is 5.56 Å². The zero-order valence-electron chi connectivity index (χ0n) is 11.0. The fourth-order valence-electron chi connectivity index (χ4n) is 1.35. The Labute approximate surface area is 117 Å². The minimum absolute atomic E-state index is 0.0991. The highest BCUT2D eigenvalue weighted by molar-refractivity contribution is 7.89. The van der Waals surface area contributed by atoms with Gasteiger partial charge in [0, 0.05) is 25.0 Å². The van der Waals surface area contributed by atoms with Crippen LogP contribution in [0, 0.1) is 11.8 Å². The van der Waals surface area contributed by atoms with Crippen LogP contribution in [0.5, 0.6) is 0 Å². The average molecular weight is 297 g/mol. The fraction of sp³-hybridized carbons (Fsp3) is 0.333. The van der Waals surface area contributed by atoms with Crippen molar-refractivity contribution in [2.75, 3.05) is 13.7 Å². The molecule has 20 heavy (non-hydrogen) atoms. The molecule has 1 heterocycles. The molecule has 0 saturated heterocycles. The highest BCUT2D eigenvalue weighted by atomic mass is 32.2. The average Bonchev–Trinajstić information content (AvgIpc) is 2.44. The van der Waals surface area contributed by atoms with Gasteiger partial charge < -0.3 is 10.4 Å². The summed E-state index contributed by atoms with van der Waals surface area (Å²) in [4.78, 5) is 15.0. The van der Waals surface area contributed by atoms with Crippen molar-refractivity contribution < 1.29 is 18.3 Å². The van der Waals surface area contributed by atoms with E-state index >= 15 is 0 Å².